The topological polar surface area (TPSA) is 170 Å². The molecule has 2 aromatic carbocycles. The van der Waals surface area contributed by atoms with Crippen LogP contribution >= 0.6 is 0 Å². The van der Waals surface area contributed by atoms with Crippen LogP contribution in [-0.4, -0.2) is 54.9 Å². The van der Waals surface area contributed by atoms with E-state index in [2.05, 4.69) is 17.2 Å². The molecular weight excluding hydrogens is 544 g/mol. The van der Waals surface area contributed by atoms with Gasteiger partial charge in [-0.05, 0) is 68.2 Å². The number of benzene rings is 2. The van der Waals surface area contributed by atoms with Crippen LogP contribution in [0.5, 0.6) is 0 Å². The van der Waals surface area contributed by atoms with Crippen LogP contribution in [-0.2, 0) is 30.4 Å². The van der Waals surface area contributed by atoms with Gasteiger partial charge in [0.1, 0.15) is 5.54 Å². The van der Waals surface area contributed by atoms with Crippen molar-refractivity contribution < 1.29 is 35.8 Å². The molecule has 1 unspecified atom stereocenters. The molecule has 0 aliphatic carbocycles. The molecule has 2 aromatic rings. The number of anilines is 2. The maximum Gasteiger partial charge on any atom is 0.328 e. The lowest BCUT2D eigenvalue weighted by molar-refractivity contribution is -0.141. The molecule has 39 heavy (non-hydrogen) atoms. The molecule has 10 nitrogen and oxygen atoms in total. The highest BCUT2D eigenvalue weighted by molar-refractivity contribution is 7.86. The fraction of sp³-hybridized carbons (Fsp3) is 0.370. The minimum absolute atomic E-state index is 0.127. The number of nitrogens with one attached hydrogen (secondary N) is 2. The second-order valence-electron chi connectivity index (χ2n) is 9.99. The molecule has 0 fully saturated rings. The Balaban J connectivity index is 2.53. The highest BCUT2D eigenvalue weighted by atomic mass is 32.2. The van der Waals surface area contributed by atoms with Gasteiger partial charge >= 0.3 is 5.97 Å². The van der Waals surface area contributed by atoms with Crippen LogP contribution in [0.15, 0.2) is 77.7 Å². The second-order valence-corrected chi connectivity index (χ2v) is 13.0. The molecule has 1 atom stereocenters. The van der Waals surface area contributed by atoms with Crippen molar-refractivity contribution in [2.75, 3.05) is 22.9 Å². The average molecular weight is 581 g/mol. The Labute approximate surface area is 230 Å². The predicted octanol–water partition coefficient (Wildman–Crippen LogP) is 4.75. The first-order chi connectivity index (χ1) is 18.0. The lowest BCUT2D eigenvalue weighted by Gasteiger charge is -2.35. The summed E-state index contributed by atoms with van der Waals surface area (Å²) in [7, 11) is -8.77. The molecule has 0 aliphatic heterocycles. The Kier molecular flexibility index (Phi) is 10.5. The molecule has 214 valence electrons. The predicted molar refractivity (Wildman–Crippen MR) is 152 cm³/mol. The highest BCUT2D eigenvalue weighted by Gasteiger charge is 2.35. The number of rotatable bonds is 15. The summed E-state index contributed by atoms with van der Waals surface area (Å²) >= 11 is 0. The van der Waals surface area contributed by atoms with E-state index in [1.165, 1.54) is 32.0 Å². The van der Waals surface area contributed by atoms with Gasteiger partial charge in [-0.3, -0.25) is 9.11 Å². The van der Waals surface area contributed by atoms with E-state index in [9.17, 15) is 31.3 Å². The third-order valence-corrected chi connectivity index (χ3v) is 8.07. The summed E-state index contributed by atoms with van der Waals surface area (Å²) in [6.07, 6.45) is 4.29. The lowest BCUT2D eigenvalue weighted by atomic mass is 9.71. The van der Waals surface area contributed by atoms with Gasteiger partial charge in [-0.25, -0.2) is 4.79 Å². The maximum absolute atomic E-state index is 12.0. The van der Waals surface area contributed by atoms with E-state index >= 15 is 0 Å². The van der Waals surface area contributed by atoms with Gasteiger partial charge in [-0.15, -0.1) is 0 Å². The van der Waals surface area contributed by atoms with E-state index in [4.69, 9.17) is 4.55 Å². The van der Waals surface area contributed by atoms with Crippen molar-refractivity contribution in [3.63, 3.8) is 0 Å². The smallest absolute Gasteiger partial charge is 0.328 e. The number of hydrogen-bond donors (Lipinski definition) is 5. The van der Waals surface area contributed by atoms with Crippen LogP contribution in [0.1, 0.15) is 45.6 Å². The number of carbonyl (C=O) groups is 1. The number of hydrogen-bond acceptors (Lipinski definition) is 7. The first-order valence-electron chi connectivity index (χ1n) is 12.2. The van der Waals surface area contributed by atoms with Gasteiger partial charge in [0.05, 0.1) is 10.6 Å². The summed E-state index contributed by atoms with van der Waals surface area (Å²) in [6, 6.07) is 13.3. The van der Waals surface area contributed by atoms with Gasteiger partial charge in [0.25, 0.3) is 20.2 Å². The summed E-state index contributed by atoms with van der Waals surface area (Å²) in [6.45, 7) is 9.32. The first-order valence-corrected chi connectivity index (χ1v) is 15.2. The molecule has 0 aromatic heterocycles. The van der Waals surface area contributed by atoms with Crippen molar-refractivity contribution in [2.45, 2.75) is 55.9 Å². The van der Waals surface area contributed by atoms with E-state index in [1.54, 1.807) is 13.0 Å². The lowest BCUT2D eigenvalue weighted by Crippen LogP contribution is -2.41. The molecule has 0 radical (unpaired) electrons. The summed E-state index contributed by atoms with van der Waals surface area (Å²) in [5.41, 5.74) is -0.359. The number of para-hydroxylation sites is 1. The molecule has 0 bridgehead atoms. The summed E-state index contributed by atoms with van der Waals surface area (Å²) in [5, 5.41) is 15.8. The quantitative estimate of drug-likeness (QED) is 0.113. The van der Waals surface area contributed by atoms with Crippen LogP contribution in [0.3, 0.4) is 0 Å². The number of unbranched alkanes of at least 4 members (excludes halogenated alkanes) is 1. The summed E-state index contributed by atoms with van der Waals surface area (Å²) in [4.78, 5) is 11.4. The SMILES string of the molecule is C=C(C=CCNc1ccccc1)C(C)(CCCCS(=O)(=O)O)c1cc(S(=O)(=O)O)ccc1NC(C)(C)C(=O)O. The van der Waals surface area contributed by atoms with E-state index in [0.717, 1.165) is 5.69 Å². The van der Waals surface area contributed by atoms with Crippen molar-refractivity contribution >= 4 is 37.6 Å². The largest absolute Gasteiger partial charge is 0.480 e. The monoisotopic (exact) mass is 580 g/mol. The Bertz CT molecular complexity index is 1420. The van der Waals surface area contributed by atoms with Crippen molar-refractivity contribution in [3.8, 4) is 0 Å². The van der Waals surface area contributed by atoms with Crippen LogP contribution in [0, 0.1) is 0 Å². The van der Waals surface area contributed by atoms with E-state index in [0.29, 0.717) is 29.8 Å². The van der Waals surface area contributed by atoms with E-state index in [-0.39, 0.29) is 17.7 Å². The molecule has 5 N–H and O–H groups in total. The Morgan fingerprint density at radius 3 is 2.21 bits per heavy atom. The van der Waals surface area contributed by atoms with Gasteiger partial charge in [0.15, 0.2) is 0 Å². The molecule has 0 saturated carbocycles. The van der Waals surface area contributed by atoms with Gasteiger partial charge in [0, 0.05) is 23.3 Å². The molecule has 2 rings (SSSR count). The standard InChI is InChI=1S/C27H36N2O8S2/c1-20(11-10-17-28-21-12-6-5-7-13-21)27(4,16-8-9-18-38(32,33)34)23-19-22(39(35,36)37)14-15-24(23)29-26(2,3)25(30)31/h5-7,10-15,19,28-29H,1,8-9,16-18H2,2-4H3,(H,30,31)(H,32,33,34)(H,35,36,37). The fourth-order valence-electron chi connectivity index (χ4n) is 3.99. The van der Waals surface area contributed by atoms with Gasteiger partial charge < -0.3 is 15.7 Å². The third-order valence-electron chi connectivity index (χ3n) is 6.42. The minimum Gasteiger partial charge on any atom is -0.480 e. The summed E-state index contributed by atoms with van der Waals surface area (Å²) < 4.78 is 65.4. The third kappa shape index (κ3) is 9.50. The average Bonchev–Trinajstić information content (AvgIpc) is 2.83. The normalized spacial score (nSPS) is 14.1. The zero-order chi connectivity index (χ0) is 29.5. The van der Waals surface area contributed by atoms with Crippen LogP contribution in [0.25, 0.3) is 0 Å². The molecule has 0 heterocycles. The van der Waals surface area contributed by atoms with Crippen molar-refractivity contribution in [1.82, 2.24) is 0 Å². The number of allylic oxidation sites excluding steroid dienone is 2. The zero-order valence-corrected chi connectivity index (χ0v) is 23.8. The molecule has 0 saturated heterocycles. The van der Waals surface area contributed by atoms with Crippen LogP contribution < -0.4 is 10.6 Å². The number of carboxylic acids is 1. The van der Waals surface area contributed by atoms with Gasteiger partial charge in [0.2, 0.25) is 0 Å². The number of aliphatic carboxylic acids is 1. The molecule has 0 aliphatic rings. The molecule has 0 spiro atoms. The molecule has 12 heteroatoms. The fourth-order valence-corrected chi connectivity index (χ4v) is 5.06. The maximum atomic E-state index is 12.0. The van der Waals surface area contributed by atoms with Crippen LogP contribution in [0.2, 0.25) is 0 Å². The second kappa shape index (κ2) is 12.8. The Morgan fingerprint density at radius 1 is 1.00 bits per heavy atom. The molecular formula is C27H36N2O8S2. The Hall–Kier alpha value is -3.19. The summed E-state index contributed by atoms with van der Waals surface area (Å²) in [5.74, 6) is -1.60. The van der Waals surface area contributed by atoms with Gasteiger partial charge in [-0.1, -0.05) is 50.3 Å². The van der Waals surface area contributed by atoms with E-state index < -0.39 is 42.9 Å². The minimum atomic E-state index is -4.60. The van der Waals surface area contributed by atoms with Crippen molar-refractivity contribution in [3.05, 3.63) is 78.4 Å². The van der Waals surface area contributed by atoms with E-state index in [1.807, 2.05) is 36.4 Å². The highest BCUT2D eigenvalue weighted by Crippen LogP contribution is 2.42. The Morgan fingerprint density at radius 2 is 1.64 bits per heavy atom. The van der Waals surface area contributed by atoms with Crippen molar-refractivity contribution in [2.24, 2.45) is 0 Å². The van der Waals surface area contributed by atoms with Crippen LogP contribution in [0.4, 0.5) is 11.4 Å². The zero-order valence-electron chi connectivity index (χ0n) is 22.2. The van der Waals surface area contributed by atoms with Crippen molar-refractivity contribution in [1.29, 1.82) is 0 Å². The molecule has 0 amide bonds. The first kappa shape index (κ1) is 32.0. The van der Waals surface area contributed by atoms with Gasteiger partial charge in [-0.2, -0.15) is 16.8 Å². The number of carboxylic acid groups (broad SMARTS) is 1.